The van der Waals surface area contributed by atoms with Gasteiger partial charge >= 0.3 is 12.1 Å². The van der Waals surface area contributed by atoms with E-state index in [4.69, 9.17) is 0 Å². The number of carbonyl (C=O) groups excluding carboxylic acids is 1. The second-order valence-corrected chi connectivity index (χ2v) is 7.72. The van der Waals surface area contributed by atoms with Crippen molar-refractivity contribution < 1.29 is 31.5 Å². The Labute approximate surface area is 130 Å². The second kappa shape index (κ2) is 5.06. The maximum atomic E-state index is 12.6. The monoisotopic (exact) mass is 338 g/mol. The van der Waals surface area contributed by atoms with Gasteiger partial charge in [0.25, 0.3) is 12.5 Å². The van der Waals surface area contributed by atoms with E-state index in [9.17, 15) is 26.7 Å². The molecule has 0 aromatic carbocycles. The van der Waals surface area contributed by atoms with Gasteiger partial charge in [0, 0.05) is 0 Å². The lowest BCUT2D eigenvalue weighted by atomic mass is 9.67. The quantitative estimate of drug-likeness (QED) is 0.441. The molecule has 4 aliphatic rings. The Morgan fingerprint density at radius 3 is 2.22 bits per heavy atom. The molecule has 23 heavy (non-hydrogen) atoms. The highest BCUT2D eigenvalue weighted by Gasteiger charge is 2.64. The van der Waals surface area contributed by atoms with E-state index < -0.39 is 30.6 Å². The van der Waals surface area contributed by atoms with E-state index in [1.807, 2.05) is 0 Å². The average molecular weight is 338 g/mol. The topological polar surface area (TPSA) is 26.3 Å². The number of hydrogen-bond donors (Lipinski definition) is 0. The normalized spacial score (nSPS) is 45.6. The molecule has 4 rings (SSSR count). The SMILES string of the molecule is O=C(OC(C(F)F)C(F)(F)F)C1CC2CC1C1C3CCC(C3)C21. The van der Waals surface area contributed by atoms with Crippen molar-refractivity contribution in [2.24, 2.45) is 41.4 Å². The minimum atomic E-state index is -5.23. The van der Waals surface area contributed by atoms with Gasteiger partial charge in [0.15, 0.2) is 0 Å². The average Bonchev–Trinajstić information content (AvgIpc) is 3.18. The van der Waals surface area contributed by atoms with Crippen LogP contribution in [0.3, 0.4) is 0 Å². The summed E-state index contributed by atoms with van der Waals surface area (Å²) in [6.45, 7) is 0. The fraction of sp³-hybridized carbons (Fsp3) is 0.938. The van der Waals surface area contributed by atoms with Crippen LogP contribution in [0.1, 0.15) is 32.1 Å². The minimum Gasteiger partial charge on any atom is -0.446 e. The Bertz CT molecular complexity index is 505. The molecule has 0 aliphatic heterocycles. The van der Waals surface area contributed by atoms with Crippen LogP contribution >= 0.6 is 0 Å². The number of alkyl halides is 5. The van der Waals surface area contributed by atoms with Crippen LogP contribution in [0.5, 0.6) is 0 Å². The molecule has 4 bridgehead atoms. The summed E-state index contributed by atoms with van der Waals surface area (Å²) in [6.07, 6.45) is -7.36. The van der Waals surface area contributed by atoms with Gasteiger partial charge in [-0.25, -0.2) is 8.78 Å². The third kappa shape index (κ3) is 2.29. The molecule has 0 N–H and O–H groups in total. The van der Waals surface area contributed by atoms with Crippen molar-refractivity contribution in [3.8, 4) is 0 Å². The van der Waals surface area contributed by atoms with E-state index in [0.29, 0.717) is 36.0 Å². The van der Waals surface area contributed by atoms with Crippen molar-refractivity contribution in [2.75, 3.05) is 0 Å². The summed E-state index contributed by atoms with van der Waals surface area (Å²) in [5.74, 6) is 1.01. The van der Waals surface area contributed by atoms with Gasteiger partial charge in [0.2, 0.25) is 0 Å². The van der Waals surface area contributed by atoms with Gasteiger partial charge in [-0.1, -0.05) is 0 Å². The number of ether oxygens (including phenoxy) is 1. The van der Waals surface area contributed by atoms with E-state index in [1.54, 1.807) is 0 Å². The van der Waals surface area contributed by atoms with Gasteiger partial charge in [0.05, 0.1) is 5.92 Å². The summed E-state index contributed by atoms with van der Waals surface area (Å²) in [4.78, 5) is 12.1. The first-order valence-electron chi connectivity index (χ1n) is 8.32. The molecule has 2 nitrogen and oxygen atoms in total. The molecule has 7 heteroatoms. The fourth-order valence-corrected chi connectivity index (χ4v) is 6.31. The smallest absolute Gasteiger partial charge is 0.431 e. The minimum absolute atomic E-state index is 0.0411. The van der Waals surface area contributed by atoms with Crippen LogP contribution in [-0.4, -0.2) is 24.7 Å². The van der Waals surface area contributed by atoms with Gasteiger partial charge in [-0.2, -0.15) is 13.2 Å². The molecule has 0 aromatic rings. The lowest BCUT2D eigenvalue weighted by Gasteiger charge is -2.38. The van der Waals surface area contributed by atoms with Crippen LogP contribution in [0.15, 0.2) is 0 Å². The van der Waals surface area contributed by atoms with E-state index >= 15 is 0 Å². The van der Waals surface area contributed by atoms with E-state index in [-0.39, 0.29) is 5.92 Å². The van der Waals surface area contributed by atoms with Crippen molar-refractivity contribution >= 4 is 5.97 Å². The Morgan fingerprint density at radius 2 is 1.61 bits per heavy atom. The molecule has 130 valence electrons. The van der Waals surface area contributed by atoms with Crippen molar-refractivity contribution in [1.82, 2.24) is 0 Å². The highest BCUT2D eigenvalue weighted by Crippen LogP contribution is 2.68. The Morgan fingerprint density at radius 1 is 0.957 bits per heavy atom. The molecule has 4 saturated carbocycles. The molecule has 0 heterocycles. The number of esters is 1. The highest BCUT2D eigenvalue weighted by atomic mass is 19.4. The first-order chi connectivity index (χ1) is 10.8. The van der Waals surface area contributed by atoms with Crippen LogP contribution in [-0.2, 0) is 9.53 Å². The zero-order chi connectivity index (χ0) is 16.5. The molecule has 0 radical (unpaired) electrons. The van der Waals surface area contributed by atoms with Crippen LogP contribution in [0.2, 0.25) is 0 Å². The molecular formula is C16H19F5O2. The lowest BCUT2D eigenvalue weighted by Crippen LogP contribution is -2.43. The molecule has 0 amide bonds. The number of hydrogen-bond acceptors (Lipinski definition) is 2. The molecule has 8 unspecified atom stereocenters. The standard InChI is InChI=1S/C16H19F5O2/c17-14(18)13(16(19,20)21)23-15(22)10-5-8-4-9(10)12-7-2-1-6(3-7)11(8)12/h6-14H,1-5H2. The number of fused-ring (bicyclic) bond motifs is 9. The zero-order valence-corrected chi connectivity index (χ0v) is 12.4. The summed E-state index contributed by atoms with van der Waals surface area (Å²) < 4.78 is 67.1. The van der Waals surface area contributed by atoms with Gasteiger partial charge in [-0.3, -0.25) is 4.79 Å². The predicted octanol–water partition coefficient (Wildman–Crippen LogP) is 4.04. The highest BCUT2D eigenvalue weighted by molar-refractivity contribution is 5.74. The number of halogens is 5. The fourth-order valence-electron chi connectivity index (χ4n) is 6.31. The second-order valence-electron chi connectivity index (χ2n) is 7.72. The Kier molecular flexibility index (Phi) is 3.44. The summed E-state index contributed by atoms with van der Waals surface area (Å²) >= 11 is 0. The molecule has 4 aliphatic carbocycles. The van der Waals surface area contributed by atoms with Crippen LogP contribution in [0.4, 0.5) is 22.0 Å². The molecule has 8 atom stereocenters. The van der Waals surface area contributed by atoms with Gasteiger partial charge in [-0.05, 0) is 67.6 Å². The number of rotatable bonds is 3. The third-order valence-electron chi connectivity index (χ3n) is 6.83. The summed E-state index contributed by atoms with van der Waals surface area (Å²) in [7, 11) is 0. The molecule has 0 spiro atoms. The molecular weight excluding hydrogens is 319 g/mol. The lowest BCUT2D eigenvalue weighted by molar-refractivity contribution is -0.251. The van der Waals surface area contributed by atoms with Crippen LogP contribution in [0.25, 0.3) is 0 Å². The molecule has 4 fully saturated rings. The van der Waals surface area contributed by atoms with Crippen molar-refractivity contribution in [3.05, 3.63) is 0 Å². The zero-order valence-electron chi connectivity index (χ0n) is 12.4. The first-order valence-corrected chi connectivity index (χ1v) is 8.32. The summed E-state index contributed by atoms with van der Waals surface area (Å²) in [5, 5.41) is 0. The van der Waals surface area contributed by atoms with Gasteiger partial charge in [0.1, 0.15) is 0 Å². The van der Waals surface area contributed by atoms with Crippen molar-refractivity contribution in [2.45, 2.75) is 50.8 Å². The van der Waals surface area contributed by atoms with Crippen molar-refractivity contribution in [1.29, 1.82) is 0 Å². The maximum absolute atomic E-state index is 12.6. The Balaban J connectivity index is 1.47. The maximum Gasteiger partial charge on any atom is 0.431 e. The van der Waals surface area contributed by atoms with E-state index in [1.165, 1.54) is 12.8 Å². The third-order valence-corrected chi connectivity index (χ3v) is 6.83. The summed E-state index contributed by atoms with van der Waals surface area (Å²) in [6, 6.07) is 0. The molecule has 0 saturated heterocycles. The summed E-state index contributed by atoms with van der Waals surface area (Å²) in [5.41, 5.74) is 0. The van der Waals surface area contributed by atoms with Crippen molar-refractivity contribution in [3.63, 3.8) is 0 Å². The van der Waals surface area contributed by atoms with E-state index in [2.05, 4.69) is 4.74 Å². The van der Waals surface area contributed by atoms with E-state index in [0.717, 1.165) is 12.8 Å². The van der Waals surface area contributed by atoms with Crippen LogP contribution < -0.4 is 0 Å². The molecule has 0 aromatic heterocycles. The number of carbonyl (C=O) groups is 1. The largest absolute Gasteiger partial charge is 0.446 e. The van der Waals surface area contributed by atoms with Gasteiger partial charge in [-0.15, -0.1) is 0 Å². The van der Waals surface area contributed by atoms with Crippen LogP contribution in [0, 0.1) is 41.4 Å². The first kappa shape index (κ1) is 15.6. The Hall–Kier alpha value is -0.880. The predicted molar refractivity (Wildman–Crippen MR) is 69.5 cm³/mol. The van der Waals surface area contributed by atoms with Gasteiger partial charge < -0.3 is 4.74 Å².